The van der Waals surface area contributed by atoms with Crippen LogP contribution in [-0.2, 0) is 6.54 Å². The second-order valence-electron chi connectivity index (χ2n) is 5.27. The molecule has 1 N–H and O–H groups in total. The largest absolute Gasteiger partial charge is 0.507 e. The second kappa shape index (κ2) is 5.85. The first-order chi connectivity index (χ1) is 9.67. The number of carbonyl (C=O) groups excluding carboxylic acids is 1. The van der Waals surface area contributed by atoms with Crippen molar-refractivity contribution in [1.82, 2.24) is 4.90 Å². The number of phenols is 1. The molecular weight excluding hydrogens is 307 g/mol. The normalized spacial score (nSPS) is 15.5. The molecule has 0 amide bonds. The fourth-order valence-corrected chi connectivity index (χ4v) is 2.49. The topological polar surface area (TPSA) is 40.5 Å². The fourth-order valence-electron chi connectivity index (χ4n) is 2.25. The number of ketones is 1. The number of nitrogens with zero attached hydrogens (tertiary/aromatic N) is 1. The Morgan fingerprint density at radius 2 is 2.05 bits per heavy atom. The maximum atomic E-state index is 12.6. The Morgan fingerprint density at radius 3 is 2.52 bits per heavy atom. The van der Waals surface area contributed by atoms with Gasteiger partial charge in [0.25, 0.3) is 0 Å². The molecule has 0 atom stereocenters. The van der Waals surface area contributed by atoms with E-state index in [-0.39, 0.29) is 40.3 Å². The van der Waals surface area contributed by atoms with E-state index in [9.17, 15) is 23.1 Å². The standard InChI is InChI=1S/C14H15ClF3NO2/c1-8(20)12-5-10(15)4-9(13(12)21)6-19(11-2-3-11)7-14(16,17)18/h4-5,11,21H,2-3,6-7H2,1H3. The van der Waals surface area contributed by atoms with Crippen LogP contribution in [0.15, 0.2) is 12.1 Å². The Kier molecular flexibility index (Phi) is 4.49. The molecule has 1 aliphatic carbocycles. The molecule has 116 valence electrons. The van der Waals surface area contributed by atoms with Gasteiger partial charge in [-0.25, -0.2) is 0 Å². The SMILES string of the molecule is CC(=O)c1cc(Cl)cc(CN(CC(F)(F)F)C2CC2)c1O. The van der Waals surface area contributed by atoms with Gasteiger partial charge in [0.1, 0.15) is 5.75 Å². The van der Waals surface area contributed by atoms with Gasteiger partial charge < -0.3 is 5.11 Å². The third kappa shape index (κ3) is 4.35. The number of hydrogen-bond donors (Lipinski definition) is 1. The molecular formula is C14H15ClF3NO2. The lowest BCUT2D eigenvalue weighted by molar-refractivity contribution is -0.148. The molecule has 21 heavy (non-hydrogen) atoms. The molecule has 0 spiro atoms. The van der Waals surface area contributed by atoms with Crippen LogP contribution in [0.2, 0.25) is 5.02 Å². The summed E-state index contributed by atoms with van der Waals surface area (Å²) in [5.74, 6) is -0.676. The van der Waals surface area contributed by atoms with Crippen LogP contribution in [0.25, 0.3) is 0 Å². The Balaban J connectivity index is 2.26. The first kappa shape index (κ1) is 16.1. The molecule has 1 aliphatic rings. The van der Waals surface area contributed by atoms with Crippen molar-refractivity contribution in [2.45, 2.75) is 38.5 Å². The zero-order chi connectivity index (χ0) is 15.8. The summed E-state index contributed by atoms with van der Waals surface area (Å²) < 4.78 is 37.8. The van der Waals surface area contributed by atoms with Gasteiger partial charge in [0.05, 0.1) is 12.1 Å². The lowest BCUT2D eigenvalue weighted by Gasteiger charge is -2.24. The molecule has 1 saturated carbocycles. The van der Waals surface area contributed by atoms with Crippen LogP contribution >= 0.6 is 11.6 Å². The van der Waals surface area contributed by atoms with Gasteiger partial charge >= 0.3 is 6.18 Å². The van der Waals surface area contributed by atoms with Gasteiger partial charge in [-0.1, -0.05) is 11.6 Å². The number of rotatable bonds is 5. The van der Waals surface area contributed by atoms with Gasteiger partial charge in [-0.05, 0) is 31.9 Å². The number of benzene rings is 1. The average Bonchev–Trinajstić information content (AvgIpc) is 3.14. The Morgan fingerprint density at radius 1 is 1.43 bits per heavy atom. The van der Waals surface area contributed by atoms with Crippen molar-refractivity contribution in [3.05, 3.63) is 28.3 Å². The van der Waals surface area contributed by atoms with E-state index in [1.54, 1.807) is 0 Å². The van der Waals surface area contributed by atoms with Crippen molar-refractivity contribution < 1.29 is 23.1 Å². The summed E-state index contributed by atoms with van der Waals surface area (Å²) in [6.45, 7) is 0.138. The van der Waals surface area contributed by atoms with Crippen LogP contribution in [0.4, 0.5) is 13.2 Å². The molecule has 1 fully saturated rings. The smallest absolute Gasteiger partial charge is 0.401 e. The average molecular weight is 322 g/mol. The highest BCUT2D eigenvalue weighted by molar-refractivity contribution is 6.31. The number of carbonyl (C=O) groups is 1. The van der Waals surface area contributed by atoms with Crippen molar-refractivity contribution in [3.63, 3.8) is 0 Å². The summed E-state index contributed by atoms with van der Waals surface area (Å²) in [5, 5.41) is 10.3. The van der Waals surface area contributed by atoms with E-state index >= 15 is 0 Å². The number of aromatic hydroxyl groups is 1. The molecule has 0 radical (unpaired) electrons. The van der Waals surface area contributed by atoms with Crippen LogP contribution in [0, 0.1) is 0 Å². The van der Waals surface area contributed by atoms with Crippen LogP contribution < -0.4 is 0 Å². The maximum absolute atomic E-state index is 12.6. The van der Waals surface area contributed by atoms with E-state index < -0.39 is 12.7 Å². The predicted molar refractivity (Wildman–Crippen MR) is 72.6 cm³/mol. The number of alkyl halides is 3. The van der Waals surface area contributed by atoms with E-state index in [1.807, 2.05) is 0 Å². The van der Waals surface area contributed by atoms with Crippen LogP contribution in [0.5, 0.6) is 5.75 Å². The lowest BCUT2D eigenvalue weighted by atomic mass is 10.1. The van der Waals surface area contributed by atoms with Crippen LogP contribution in [0.1, 0.15) is 35.7 Å². The highest BCUT2D eigenvalue weighted by Crippen LogP contribution is 2.34. The first-order valence-electron chi connectivity index (χ1n) is 6.50. The number of Topliss-reactive ketones (excluding diaryl/α,β-unsaturated/α-hetero) is 1. The third-order valence-electron chi connectivity index (χ3n) is 3.35. The molecule has 2 rings (SSSR count). The van der Waals surface area contributed by atoms with Gasteiger partial charge in [-0.2, -0.15) is 13.2 Å². The minimum Gasteiger partial charge on any atom is -0.507 e. The quantitative estimate of drug-likeness (QED) is 0.839. The van der Waals surface area contributed by atoms with Gasteiger partial charge in [-0.15, -0.1) is 0 Å². The predicted octanol–water partition coefficient (Wildman–Crippen LogP) is 3.77. The van der Waals surface area contributed by atoms with E-state index in [2.05, 4.69) is 0 Å². The molecule has 0 saturated heterocycles. The minimum atomic E-state index is -4.31. The van der Waals surface area contributed by atoms with Crippen molar-refractivity contribution in [2.24, 2.45) is 0 Å². The van der Waals surface area contributed by atoms with Crippen LogP contribution in [-0.4, -0.2) is 34.6 Å². The molecule has 0 bridgehead atoms. The first-order valence-corrected chi connectivity index (χ1v) is 6.88. The Bertz CT molecular complexity index is 556. The van der Waals surface area contributed by atoms with Crippen LogP contribution in [0.3, 0.4) is 0 Å². The Labute approximate surface area is 125 Å². The molecule has 0 heterocycles. The summed E-state index contributed by atoms with van der Waals surface area (Å²) in [4.78, 5) is 12.7. The molecule has 0 aliphatic heterocycles. The fraction of sp³-hybridized carbons (Fsp3) is 0.500. The van der Waals surface area contributed by atoms with Gasteiger partial charge in [0, 0.05) is 23.2 Å². The molecule has 7 heteroatoms. The van der Waals surface area contributed by atoms with E-state index in [0.717, 1.165) is 0 Å². The third-order valence-corrected chi connectivity index (χ3v) is 3.57. The molecule has 1 aromatic carbocycles. The molecule has 1 aromatic rings. The summed E-state index contributed by atoms with van der Waals surface area (Å²) in [5.41, 5.74) is 0.268. The summed E-state index contributed by atoms with van der Waals surface area (Å²) in [7, 11) is 0. The van der Waals surface area contributed by atoms with Crippen molar-refractivity contribution in [3.8, 4) is 5.75 Å². The van der Waals surface area contributed by atoms with Gasteiger partial charge in [0.15, 0.2) is 5.78 Å². The summed E-state index contributed by atoms with van der Waals surface area (Å²) >= 11 is 5.87. The number of halogens is 4. The molecule has 3 nitrogen and oxygen atoms in total. The minimum absolute atomic E-state index is 0.0280. The number of phenolic OH excluding ortho intramolecular Hbond substituents is 1. The monoisotopic (exact) mass is 321 g/mol. The highest BCUT2D eigenvalue weighted by Gasteiger charge is 2.38. The molecule has 0 aromatic heterocycles. The zero-order valence-corrected chi connectivity index (χ0v) is 12.1. The summed E-state index contributed by atoms with van der Waals surface area (Å²) in [6, 6.07) is 2.58. The van der Waals surface area contributed by atoms with Crippen molar-refractivity contribution in [1.29, 1.82) is 0 Å². The van der Waals surface area contributed by atoms with E-state index in [1.165, 1.54) is 24.0 Å². The second-order valence-corrected chi connectivity index (χ2v) is 5.71. The van der Waals surface area contributed by atoms with Gasteiger partial charge in [0.2, 0.25) is 0 Å². The van der Waals surface area contributed by atoms with Gasteiger partial charge in [-0.3, -0.25) is 9.69 Å². The van der Waals surface area contributed by atoms with Crippen molar-refractivity contribution >= 4 is 17.4 Å². The molecule has 0 unspecified atom stereocenters. The number of hydrogen-bond acceptors (Lipinski definition) is 3. The summed E-state index contributed by atoms with van der Waals surface area (Å²) in [6.07, 6.45) is -2.89. The van der Waals surface area contributed by atoms with Crippen molar-refractivity contribution in [2.75, 3.05) is 6.54 Å². The lowest BCUT2D eigenvalue weighted by Crippen LogP contribution is -2.35. The Hall–Kier alpha value is -1.27. The van der Waals surface area contributed by atoms with E-state index in [0.29, 0.717) is 12.8 Å². The zero-order valence-electron chi connectivity index (χ0n) is 11.4. The maximum Gasteiger partial charge on any atom is 0.401 e. The van der Waals surface area contributed by atoms with E-state index in [4.69, 9.17) is 11.6 Å². The highest BCUT2D eigenvalue weighted by atomic mass is 35.5.